The molecule has 7 heteroatoms. The molecule has 0 spiro atoms. The Bertz CT molecular complexity index is 968. The average Bonchev–Trinajstić information content (AvgIpc) is 2.79. The van der Waals surface area contributed by atoms with Gasteiger partial charge in [-0.15, -0.1) is 0 Å². The minimum absolute atomic E-state index is 0.0695. The number of hydrogen-bond donors (Lipinski definition) is 1. The van der Waals surface area contributed by atoms with Crippen molar-refractivity contribution in [2.75, 3.05) is 6.54 Å². The van der Waals surface area contributed by atoms with Crippen molar-refractivity contribution in [3.8, 4) is 6.07 Å². The van der Waals surface area contributed by atoms with Gasteiger partial charge in [-0.25, -0.2) is 0 Å². The molecule has 32 heavy (non-hydrogen) atoms. The van der Waals surface area contributed by atoms with Crippen LogP contribution in [0.25, 0.3) is 0 Å². The van der Waals surface area contributed by atoms with Gasteiger partial charge in [0.1, 0.15) is 0 Å². The second-order valence-electron chi connectivity index (χ2n) is 8.48. The topological polar surface area (TPSA) is 64.3 Å². The van der Waals surface area contributed by atoms with Crippen molar-refractivity contribution < 1.29 is 23.1 Å². The first-order valence-electron chi connectivity index (χ1n) is 10.8. The zero-order valence-electron chi connectivity index (χ0n) is 18.2. The minimum atomic E-state index is -4.80. The fourth-order valence-corrected chi connectivity index (χ4v) is 4.39. The first-order valence-corrected chi connectivity index (χ1v) is 10.8. The first kappa shape index (κ1) is 23.8. The fraction of sp³-hybridized carbons (Fsp3) is 0.440. The number of halogens is 3. The zero-order valence-corrected chi connectivity index (χ0v) is 18.2. The van der Waals surface area contributed by atoms with Gasteiger partial charge in [-0.3, -0.25) is 4.79 Å². The van der Waals surface area contributed by atoms with Crippen LogP contribution in [0, 0.1) is 11.3 Å². The summed E-state index contributed by atoms with van der Waals surface area (Å²) in [5, 5.41) is 18.8. The van der Waals surface area contributed by atoms with E-state index in [0.717, 1.165) is 37.8 Å². The summed E-state index contributed by atoms with van der Waals surface area (Å²) >= 11 is 0. The number of aliphatic hydroxyl groups is 1. The van der Waals surface area contributed by atoms with Crippen LogP contribution in [0.3, 0.4) is 0 Å². The van der Waals surface area contributed by atoms with Gasteiger partial charge in [-0.05, 0) is 80.8 Å². The number of carbonyl (C=O) groups excluding carboxylic acids is 1. The molecular formula is C25H27F3N2O2. The monoisotopic (exact) mass is 444 g/mol. The molecule has 1 N–H and O–H groups in total. The van der Waals surface area contributed by atoms with Gasteiger partial charge in [0.15, 0.2) is 5.60 Å². The van der Waals surface area contributed by atoms with Crippen LogP contribution >= 0.6 is 0 Å². The zero-order chi connectivity index (χ0) is 23.5. The average molecular weight is 444 g/mol. The Morgan fingerprint density at radius 2 is 1.62 bits per heavy atom. The molecule has 0 saturated heterocycles. The highest BCUT2D eigenvalue weighted by Gasteiger charge is 2.51. The van der Waals surface area contributed by atoms with E-state index in [4.69, 9.17) is 5.26 Å². The molecule has 0 heterocycles. The summed E-state index contributed by atoms with van der Waals surface area (Å²) < 4.78 is 39.2. The van der Waals surface area contributed by atoms with Crippen molar-refractivity contribution in [1.82, 2.24) is 4.90 Å². The van der Waals surface area contributed by atoms with E-state index in [2.05, 4.69) is 6.07 Å². The van der Waals surface area contributed by atoms with Crippen LogP contribution < -0.4 is 0 Å². The van der Waals surface area contributed by atoms with Crippen molar-refractivity contribution in [3.05, 3.63) is 70.8 Å². The SMILES string of the molecule is CCN(C(=O)c1ccc([C@](C)(O)C(F)(F)F)cc1)[C@H]1CC[C@@H](c2ccc(C#N)cc2)CC1. The Kier molecular flexibility index (Phi) is 6.94. The van der Waals surface area contributed by atoms with Gasteiger partial charge >= 0.3 is 6.18 Å². The third-order valence-corrected chi connectivity index (χ3v) is 6.50. The highest BCUT2D eigenvalue weighted by atomic mass is 19.4. The molecule has 1 atom stereocenters. The van der Waals surface area contributed by atoms with Crippen LogP contribution in [0.15, 0.2) is 48.5 Å². The van der Waals surface area contributed by atoms with Crippen LogP contribution in [0.2, 0.25) is 0 Å². The normalized spacial score (nSPS) is 20.8. The standard InChI is InChI=1S/C25H27F3N2O2/c1-3-30(22-14-10-19(11-15-22)18-6-4-17(16-29)5-7-18)23(31)20-8-12-21(13-9-20)24(2,32)25(26,27)28/h4-9,12-13,19,22,32H,3,10-11,14-15H2,1-2H3/t19-,22+,24-/m0/s1. The van der Waals surface area contributed by atoms with Gasteiger partial charge in [0.05, 0.1) is 11.6 Å². The molecule has 1 amide bonds. The molecule has 3 rings (SSSR count). The van der Waals surface area contributed by atoms with Gasteiger partial charge in [-0.2, -0.15) is 18.4 Å². The van der Waals surface area contributed by atoms with Crippen LogP contribution in [0.4, 0.5) is 13.2 Å². The molecule has 0 radical (unpaired) electrons. The summed E-state index contributed by atoms with van der Waals surface area (Å²) in [6.07, 6.45) is -1.28. The van der Waals surface area contributed by atoms with Crippen molar-refractivity contribution in [2.45, 2.75) is 63.3 Å². The summed E-state index contributed by atoms with van der Waals surface area (Å²) in [7, 11) is 0. The molecule has 2 aromatic rings. The summed E-state index contributed by atoms with van der Waals surface area (Å²) in [4.78, 5) is 14.8. The quantitative estimate of drug-likeness (QED) is 0.661. The Hall–Kier alpha value is -2.85. The molecule has 1 saturated carbocycles. The van der Waals surface area contributed by atoms with Gasteiger partial charge in [-0.1, -0.05) is 24.3 Å². The second-order valence-corrected chi connectivity index (χ2v) is 8.48. The predicted molar refractivity (Wildman–Crippen MR) is 115 cm³/mol. The molecule has 1 aliphatic rings. The van der Waals surface area contributed by atoms with Gasteiger partial charge in [0.25, 0.3) is 5.91 Å². The maximum absolute atomic E-state index is 13.1. The summed E-state index contributed by atoms with van der Waals surface area (Å²) in [6.45, 7) is 3.11. The maximum Gasteiger partial charge on any atom is 0.421 e. The number of nitriles is 1. The lowest BCUT2D eigenvalue weighted by Gasteiger charge is -2.37. The van der Waals surface area contributed by atoms with Gasteiger partial charge in [0, 0.05) is 18.2 Å². The molecule has 2 aromatic carbocycles. The van der Waals surface area contributed by atoms with E-state index >= 15 is 0 Å². The first-order chi connectivity index (χ1) is 15.1. The maximum atomic E-state index is 13.1. The molecule has 170 valence electrons. The van der Waals surface area contributed by atoms with Crippen LogP contribution in [0.1, 0.15) is 72.5 Å². The number of benzene rings is 2. The van der Waals surface area contributed by atoms with Crippen LogP contribution in [-0.2, 0) is 5.60 Å². The van der Waals surface area contributed by atoms with Gasteiger partial charge < -0.3 is 10.0 Å². The minimum Gasteiger partial charge on any atom is -0.376 e. The Morgan fingerprint density at radius 3 is 2.09 bits per heavy atom. The van der Waals surface area contributed by atoms with Crippen LogP contribution in [0.5, 0.6) is 0 Å². The lowest BCUT2D eigenvalue weighted by Crippen LogP contribution is -2.42. The van der Waals surface area contributed by atoms with Crippen molar-refractivity contribution in [1.29, 1.82) is 5.26 Å². The van der Waals surface area contributed by atoms with E-state index < -0.39 is 11.8 Å². The predicted octanol–water partition coefficient (Wildman–Crippen LogP) is 5.52. The van der Waals surface area contributed by atoms with E-state index in [9.17, 15) is 23.1 Å². The van der Waals surface area contributed by atoms with E-state index in [1.54, 1.807) is 4.90 Å². The van der Waals surface area contributed by atoms with Crippen molar-refractivity contribution in [2.24, 2.45) is 0 Å². The van der Waals surface area contributed by atoms with Crippen molar-refractivity contribution in [3.63, 3.8) is 0 Å². The molecule has 4 nitrogen and oxygen atoms in total. The number of hydrogen-bond acceptors (Lipinski definition) is 3. The lowest BCUT2D eigenvalue weighted by molar-refractivity contribution is -0.258. The van der Waals surface area contributed by atoms with Crippen molar-refractivity contribution >= 4 is 5.91 Å². The molecule has 0 aromatic heterocycles. The second kappa shape index (κ2) is 9.33. The smallest absolute Gasteiger partial charge is 0.376 e. The van der Waals surface area contributed by atoms with E-state index in [1.807, 2.05) is 31.2 Å². The number of carbonyl (C=O) groups is 1. The fourth-order valence-electron chi connectivity index (χ4n) is 4.39. The highest BCUT2D eigenvalue weighted by Crippen LogP contribution is 2.39. The number of rotatable bonds is 5. The summed E-state index contributed by atoms with van der Waals surface area (Å²) in [5.74, 6) is 0.171. The molecule has 0 aliphatic heterocycles. The number of nitrogens with zero attached hydrogens (tertiary/aromatic N) is 2. The molecule has 0 bridgehead atoms. The third-order valence-electron chi connectivity index (χ3n) is 6.50. The summed E-state index contributed by atoms with van der Waals surface area (Å²) in [5.41, 5.74) is -1.13. The number of amides is 1. The third kappa shape index (κ3) is 4.81. The van der Waals surface area contributed by atoms with Crippen LogP contribution in [-0.4, -0.2) is 34.7 Å². The van der Waals surface area contributed by atoms with E-state index in [-0.39, 0.29) is 17.5 Å². The Balaban J connectivity index is 1.67. The number of alkyl halides is 3. The molecular weight excluding hydrogens is 417 g/mol. The highest BCUT2D eigenvalue weighted by molar-refractivity contribution is 5.94. The molecule has 1 aliphatic carbocycles. The largest absolute Gasteiger partial charge is 0.421 e. The van der Waals surface area contributed by atoms with Gasteiger partial charge in [0.2, 0.25) is 0 Å². The Morgan fingerprint density at radius 1 is 1.06 bits per heavy atom. The van der Waals surface area contributed by atoms with E-state index in [1.165, 1.54) is 17.7 Å². The summed E-state index contributed by atoms with van der Waals surface area (Å²) in [6, 6.07) is 14.8. The lowest BCUT2D eigenvalue weighted by atomic mass is 9.81. The van der Waals surface area contributed by atoms with E-state index in [0.29, 0.717) is 30.5 Å². The molecule has 1 fully saturated rings. The Labute approximate surface area is 186 Å². The molecule has 0 unspecified atom stereocenters.